The van der Waals surface area contributed by atoms with Crippen LogP contribution in [0.2, 0.25) is 0 Å². The van der Waals surface area contributed by atoms with Crippen molar-refractivity contribution < 1.29 is 13.9 Å². The topological polar surface area (TPSA) is 65.5 Å². The van der Waals surface area contributed by atoms with E-state index in [-0.39, 0.29) is 18.2 Å². The largest absolute Gasteiger partial charge is 0.496 e. The maximum absolute atomic E-state index is 11.2. The molecular formula is C14H15NO3. The van der Waals surface area contributed by atoms with Crippen LogP contribution in [0.25, 0.3) is 0 Å². The number of amides is 1. The number of ether oxygens (including phenoxy) is 1. The molecule has 0 unspecified atom stereocenters. The lowest BCUT2D eigenvalue weighted by Gasteiger charge is -2.16. The second-order valence-electron chi connectivity index (χ2n) is 3.98. The van der Waals surface area contributed by atoms with Crippen molar-refractivity contribution in [2.24, 2.45) is 5.73 Å². The number of nitrogens with two attached hydrogens (primary N) is 1. The molecule has 0 aliphatic carbocycles. The van der Waals surface area contributed by atoms with E-state index in [4.69, 9.17) is 14.9 Å². The smallest absolute Gasteiger partial charge is 0.218 e. The maximum Gasteiger partial charge on any atom is 0.218 e. The first-order valence-corrected chi connectivity index (χ1v) is 5.67. The SMILES string of the molecule is COc1ccccc1[C@@H](CC(N)=O)c1ccco1. The van der Waals surface area contributed by atoms with Crippen molar-refractivity contribution in [3.63, 3.8) is 0 Å². The van der Waals surface area contributed by atoms with E-state index >= 15 is 0 Å². The van der Waals surface area contributed by atoms with Gasteiger partial charge in [0.25, 0.3) is 0 Å². The number of para-hydroxylation sites is 1. The van der Waals surface area contributed by atoms with E-state index in [9.17, 15) is 4.79 Å². The molecule has 0 aliphatic heterocycles. The van der Waals surface area contributed by atoms with Crippen molar-refractivity contribution in [1.29, 1.82) is 0 Å². The minimum atomic E-state index is -0.373. The van der Waals surface area contributed by atoms with Crippen LogP contribution in [0, 0.1) is 0 Å². The molecule has 1 heterocycles. The summed E-state index contributed by atoms with van der Waals surface area (Å²) in [6.07, 6.45) is 1.77. The Kier molecular flexibility index (Phi) is 3.67. The van der Waals surface area contributed by atoms with Crippen molar-refractivity contribution >= 4 is 5.91 Å². The van der Waals surface area contributed by atoms with Gasteiger partial charge in [0.05, 0.1) is 19.3 Å². The summed E-state index contributed by atoms with van der Waals surface area (Å²) in [5, 5.41) is 0. The summed E-state index contributed by atoms with van der Waals surface area (Å²) >= 11 is 0. The van der Waals surface area contributed by atoms with E-state index in [1.54, 1.807) is 19.4 Å². The van der Waals surface area contributed by atoms with Crippen LogP contribution in [-0.2, 0) is 4.79 Å². The highest BCUT2D eigenvalue weighted by Crippen LogP contribution is 2.34. The standard InChI is InChI=1S/C14H15NO3/c1-17-12-6-3-2-5-10(12)11(9-14(15)16)13-7-4-8-18-13/h2-8,11H,9H2,1H3,(H2,15,16)/t11-/m1/s1. The van der Waals surface area contributed by atoms with Gasteiger partial charge in [-0.1, -0.05) is 18.2 Å². The Morgan fingerprint density at radius 3 is 2.72 bits per heavy atom. The Balaban J connectivity index is 2.43. The quantitative estimate of drug-likeness (QED) is 0.878. The number of rotatable bonds is 5. The van der Waals surface area contributed by atoms with Gasteiger partial charge in [-0.2, -0.15) is 0 Å². The summed E-state index contributed by atoms with van der Waals surface area (Å²) < 4.78 is 10.7. The third-order valence-electron chi connectivity index (χ3n) is 2.81. The van der Waals surface area contributed by atoms with E-state index in [1.807, 2.05) is 30.3 Å². The average Bonchev–Trinajstić information content (AvgIpc) is 2.89. The summed E-state index contributed by atoms with van der Waals surface area (Å²) in [6.45, 7) is 0. The van der Waals surface area contributed by atoms with Gasteiger partial charge in [-0.3, -0.25) is 4.79 Å². The Morgan fingerprint density at radius 1 is 1.33 bits per heavy atom. The highest BCUT2D eigenvalue weighted by molar-refractivity contribution is 5.75. The molecule has 1 aromatic carbocycles. The summed E-state index contributed by atoms with van der Waals surface area (Å²) in [5.74, 6) is 0.842. The lowest BCUT2D eigenvalue weighted by atomic mass is 9.92. The molecule has 2 N–H and O–H groups in total. The number of carbonyl (C=O) groups is 1. The van der Waals surface area contributed by atoms with Crippen LogP contribution >= 0.6 is 0 Å². The van der Waals surface area contributed by atoms with Gasteiger partial charge in [-0.15, -0.1) is 0 Å². The molecule has 0 saturated heterocycles. The van der Waals surface area contributed by atoms with Crippen molar-refractivity contribution in [3.8, 4) is 5.75 Å². The monoisotopic (exact) mass is 245 g/mol. The van der Waals surface area contributed by atoms with E-state index in [0.717, 1.165) is 11.3 Å². The number of primary amides is 1. The van der Waals surface area contributed by atoms with Gasteiger partial charge in [-0.05, 0) is 18.2 Å². The molecule has 18 heavy (non-hydrogen) atoms. The van der Waals surface area contributed by atoms with E-state index in [0.29, 0.717) is 5.76 Å². The molecule has 1 aromatic heterocycles. The van der Waals surface area contributed by atoms with Gasteiger partial charge in [0.15, 0.2) is 0 Å². The normalized spacial score (nSPS) is 12.1. The molecule has 0 bridgehead atoms. The molecular weight excluding hydrogens is 230 g/mol. The van der Waals surface area contributed by atoms with Crippen LogP contribution in [-0.4, -0.2) is 13.0 Å². The molecule has 0 saturated carbocycles. The molecule has 4 heteroatoms. The number of carbonyl (C=O) groups excluding carboxylic acids is 1. The van der Waals surface area contributed by atoms with Crippen molar-refractivity contribution in [2.75, 3.05) is 7.11 Å². The number of benzene rings is 1. The molecule has 2 aromatic rings. The van der Waals surface area contributed by atoms with Crippen LogP contribution in [0.5, 0.6) is 5.75 Å². The van der Waals surface area contributed by atoms with Crippen LogP contribution < -0.4 is 10.5 Å². The first-order valence-electron chi connectivity index (χ1n) is 5.67. The third-order valence-corrected chi connectivity index (χ3v) is 2.81. The van der Waals surface area contributed by atoms with Gasteiger partial charge in [0.2, 0.25) is 5.91 Å². The van der Waals surface area contributed by atoms with Crippen molar-refractivity contribution in [1.82, 2.24) is 0 Å². The summed E-state index contributed by atoms with van der Waals surface area (Å²) in [6, 6.07) is 11.2. The van der Waals surface area contributed by atoms with E-state index < -0.39 is 0 Å². The Bertz CT molecular complexity index is 520. The van der Waals surface area contributed by atoms with Crippen LogP contribution in [0.1, 0.15) is 23.7 Å². The second-order valence-corrected chi connectivity index (χ2v) is 3.98. The van der Waals surface area contributed by atoms with Gasteiger partial charge >= 0.3 is 0 Å². The van der Waals surface area contributed by atoms with Gasteiger partial charge in [-0.25, -0.2) is 0 Å². The molecule has 0 spiro atoms. The molecule has 94 valence electrons. The Labute approximate surface area is 105 Å². The molecule has 2 rings (SSSR count). The fraction of sp³-hybridized carbons (Fsp3) is 0.214. The number of methoxy groups -OCH3 is 1. The zero-order valence-electron chi connectivity index (χ0n) is 10.1. The molecule has 0 aliphatic rings. The summed E-state index contributed by atoms with van der Waals surface area (Å²) in [4.78, 5) is 11.2. The van der Waals surface area contributed by atoms with Crippen LogP contribution in [0.15, 0.2) is 47.1 Å². The minimum absolute atomic E-state index is 0.188. The lowest BCUT2D eigenvalue weighted by Crippen LogP contribution is -2.16. The van der Waals surface area contributed by atoms with Crippen LogP contribution in [0.3, 0.4) is 0 Å². The zero-order valence-corrected chi connectivity index (χ0v) is 10.1. The number of furan rings is 1. The molecule has 1 atom stereocenters. The van der Waals surface area contributed by atoms with Gasteiger partial charge in [0, 0.05) is 12.0 Å². The predicted molar refractivity (Wildman–Crippen MR) is 67.4 cm³/mol. The zero-order chi connectivity index (χ0) is 13.0. The number of hydrogen-bond acceptors (Lipinski definition) is 3. The molecule has 4 nitrogen and oxygen atoms in total. The molecule has 0 fully saturated rings. The highest BCUT2D eigenvalue weighted by Gasteiger charge is 2.22. The summed E-state index contributed by atoms with van der Waals surface area (Å²) in [7, 11) is 1.60. The fourth-order valence-corrected chi connectivity index (χ4v) is 2.01. The second kappa shape index (κ2) is 5.40. The van der Waals surface area contributed by atoms with E-state index in [1.165, 1.54) is 0 Å². The maximum atomic E-state index is 11.2. The average molecular weight is 245 g/mol. The van der Waals surface area contributed by atoms with Crippen LogP contribution in [0.4, 0.5) is 0 Å². The summed E-state index contributed by atoms with van der Waals surface area (Å²) in [5.41, 5.74) is 6.20. The lowest BCUT2D eigenvalue weighted by molar-refractivity contribution is -0.118. The number of hydrogen-bond donors (Lipinski definition) is 1. The highest BCUT2D eigenvalue weighted by atomic mass is 16.5. The fourth-order valence-electron chi connectivity index (χ4n) is 2.01. The molecule has 0 radical (unpaired) electrons. The first kappa shape index (κ1) is 12.2. The molecule has 1 amide bonds. The van der Waals surface area contributed by atoms with Gasteiger partial charge < -0.3 is 14.9 Å². The third kappa shape index (κ3) is 2.53. The Morgan fingerprint density at radius 2 is 2.11 bits per heavy atom. The first-order chi connectivity index (χ1) is 8.72. The van der Waals surface area contributed by atoms with Gasteiger partial charge in [0.1, 0.15) is 11.5 Å². The van der Waals surface area contributed by atoms with E-state index in [2.05, 4.69) is 0 Å². The van der Waals surface area contributed by atoms with Crippen molar-refractivity contribution in [3.05, 3.63) is 54.0 Å². The minimum Gasteiger partial charge on any atom is -0.496 e. The Hall–Kier alpha value is -2.23. The predicted octanol–water partition coefficient (Wildman–Crippen LogP) is 2.30. The van der Waals surface area contributed by atoms with Crippen molar-refractivity contribution in [2.45, 2.75) is 12.3 Å².